The van der Waals surface area contributed by atoms with Crippen molar-refractivity contribution < 1.29 is 13.2 Å². The largest absolute Gasteiger partial charge is 0.351 e. The molecule has 5 nitrogen and oxygen atoms in total. The second-order valence-corrected chi connectivity index (χ2v) is 8.41. The molecule has 0 aliphatic carbocycles. The highest BCUT2D eigenvalue weighted by Crippen LogP contribution is 2.24. The van der Waals surface area contributed by atoms with Crippen molar-refractivity contribution in [3.8, 4) is 0 Å². The van der Waals surface area contributed by atoms with Gasteiger partial charge in [-0.2, -0.15) is 0 Å². The van der Waals surface area contributed by atoms with Gasteiger partial charge in [0.2, 0.25) is 5.91 Å². The zero-order valence-electron chi connectivity index (χ0n) is 13.3. The van der Waals surface area contributed by atoms with Gasteiger partial charge in [-0.15, -0.1) is 0 Å². The Morgan fingerprint density at radius 3 is 2.50 bits per heavy atom. The summed E-state index contributed by atoms with van der Waals surface area (Å²) in [6.07, 6.45) is 1.94. The summed E-state index contributed by atoms with van der Waals surface area (Å²) in [5.74, 6) is -0.401. The summed E-state index contributed by atoms with van der Waals surface area (Å²) in [5.41, 5.74) is 1.25. The number of carbonyl (C=O) groups excluding carboxylic acids is 1. The van der Waals surface area contributed by atoms with Crippen molar-refractivity contribution >= 4 is 15.7 Å². The van der Waals surface area contributed by atoms with Crippen molar-refractivity contribution in [2.75, 3.05) is 19.3 Å². The maximum atomic E-state index is 12.0. The van der Waals surface area contributed by atoms with Crippen LogP contribution in [-0.2, 0) is 14.6 Å². The standard InChI is InChI=1S/C16H24N2O3S/c1-12(14-7-5-4-6-8-14)18-10-9-15(11-18)17-16(19)13(2)22(3,20)21/h4-8,12-13,15H,9-11H2,1-3H3,(H,17,19)/t12-,13-,15+/m1/s1. The Labute approximate surface area is 132 Å². The van der Waals surface area contributed by atoms with Gasteiger partial charge in [0, 0.05) is 31.4 Å². The average Bonchev–Trinajstić information content (AvgIpc) is 2.94. The molecule has 1 aliphatic heterocycles. The van der Waals surface area contributed by atoms with E-state index in [0.29, 0.717) is 0 Å². The van der Waals surface area contributed by atoms with Crippen LogP contribution < -0.4 is 5.32 Å². The molecule has 1 saturated heterocycles. The molecular formula is C16H24N2O3S. The predicted molar refractivity (Wildman–Crippen MR) is 87.3 cm³/mol. The van der Waals surface area contributed by atoms with Crippen LogP contribution in [0.15, 0.2) is 30.3 Å². The monoisotopic (exact) mass is 324 g/mol. The lowest BCUT2D eigenvalue weighted by molar-refractivity contribution is -0.121. The smallest absolute Gasteiger partial charge is 0.238 e. The molecule has 6 heteroatoms. The molecule has 0 radical (unpaired) electrons. The van der Waals surface area contributed by atoms with Gasteiger partial charge in [-0.1, -0.05) is 30.3 Å². The Balaban J connectivity index is 1.92. The van der Waals surface area contributed by atoms with E-state index in [4.69, 9.17) is 0 Å². The van der Waals surface area contributed by atoms with E-state index in [0.717, 1.165) is 25.8 Å². The molecule has 0 spiro atoms. The van der Waals surface area contributed by atoms with Crippen LogP contribution in [0.4, 0.5) is 0 Å². The van der Waals surface area contributed by atoms with Gasteiger partial charge in [0.1, 0.15) is 5.25 Å². The van der Waals surface area contributed by atoms with Gasteiger partial charge in [-0.05, 0) is 25.8 Å². The Morgan fingerprint density at radius 1 is 1.27 bits per heavy atom. The van der Waals surface area contributed by atoms with Crippen molar-refractivity contribution in [2.24, 2.45) is 0 Å². The van der Waals surface area contributed by atoms with E-state index in [1.165, 1.54) is 12.5 Å². The van der Waals surface area contributed by atoms with Gasteiger partial charge in [0.05, 0.1) is 0 Å². The van der Waals surface area contributed by atoms with E-state index < -0.39 is 21.0 Å². The van der Waals surface area contributed by atoms with Gasteiger partial charge in [-0.25, -0.2) is 8.42 Å². The second-order valence-electron chi connectivity index (χ2n) is 6.05. The van der Waals surface area contributed by atoms with E-state index >= 15 is 0 Å². The summed E-state index contributed by atoms with van der Waals surface area (Å²) < 4.78 is 22.9. The number of benzene rings is 1. The lowest BCUT2D eigenvalue weighted by Gasteiger charge is -2.25. The van der Waals surface area contributed by atoms with E-state index in [2.05, 4.69) is 29.3 Å². The minimum atomic E-state index is -3.34. The average molecular weight is 324 g/mol. The molecule has 3 atom stereocenters. The van der Waals surface area contributed by atoms with Crippen molar-refractivity contribution in [3.63, 3.8) is 0 Å². The van der Waals surface area contributed by atoms with E-state index in [-0.39, 0.29) is 12.1 Å². The van der Waals surface area contributed by atoms with Crippen LogP contribution in [-0.4, -0.2) is 49.9 Å². The van der Waals surface area contributed by atoms with Crippen LogP contribution in [0.3, 0.4) is 0 Å². The van der Waals surface area contributed by atoms with E-state index in [1.807, 2.05) is 18.2 Å². The number of sulfone groups is 1. The quantitative estimate of drug-likeness (QED) is 0.888. The maximum Gasteiger partial charge on any atom is 0.238 e. The van der Waals surface area contributed by atoms with E-state index in [9.17, 15) is 13.2 Å². The fraction of sp³-hybridized carbons (Fsp3) is 0.562. The van der Waals surface area contributed by atoms with Crippen molar-refractivity contribution in [1.29, 1.82) is 0 Å². The number of carbonyl (C=O) groups is 1. The van der Waals surface area contributed by atoms with Gasteiger partial charge in [-0.3, -0.25) is 9.69 Å². The number of amides is 1. The highest BCUT2D eigenvalue weighted by atomic mass is 32.2. The molecular weight excluding hydrogens is 300 g/mol. The summed E-state index contributed by atoms with van der Waals surface area (Å²) in [5, 5.41) is 1.87. The molecule has 1 fully saturated rings. The summed E-state index contributed by atoms with van der Waals surface area (Å²) in [6, 6.07) is 10.5. The maximum absolute atomic E-state index is 12.0. The molecule has 1 aromatic rings. The molecule has 1 aromatic carbocycles. The lowest BCUT2D eigenvalue weighted by Crippen LogP contribution is -2.44. The molecule has 22 heavy (non-hydrogen) atoms. The highest BCUT2D eigenvalue weighted by Gasteiger charge is 2.31. The normalized spacial score (nSPS) is 22.2. The number of hydrogen-bond donors (Lipinski definition) is 1. The fourth-order valence-electron chi connectivity index (χ4n) is 2.71. The van der Waals surface area contributed by atoms with E-state index in [1.54, 1.807) is 0 Å². The minimum absolute atomic E-state index is 0.0165. The van der Waals surface area contributed by atoms with Gasteiger partial charge in [0.15, 0.2) is 9.84 Å². The first kappa shape index (κ1) is 17.0. The van der Waals surface area contributed by atoms with Crippen molar-refractivity contribution in [1.82, 2.24) is 10.2 Å². The van der Waals surface area contributed by atoms with Crippen LogP contribution >= 0.6 is 0 Å². The third-order valence-corrected chi connectivity index (χ3v) is 5.91. The Morgan fingerprint density at radius 2 is 1.91 bits per heavy atom. The van der Waals surface area contributed by atoms with Gasteiger partial charge < -0.3 is 5.32 Å². The first-order chi connectivity index (χ1) is 10.3. The lowest BCUT2D eigenvalue weighted by atomic mass is 10.1. The third kappa shape index (κ3) is 4.08. The Kier molecular flexibility index (Phi) is 5.24. The van der Waals surface area contributed by atoms with Crippen LogP contribution in [0.1, 0.15) is 31.9 Å². The first-order valence-corrected chi connectivity index (χ1v) is 9.52. The van der Waals surface area contributed by atoms with Gasteiger partial charge in [0.25, 0.3) is 0 Å². The topological polar surface area (TPSA) is 66.5 Å². The van der Waals surface area contributed by atoms with Crippen molar-refractivity contribution in [2.45, 2.75) is 37.6 Å². The number of nitrogens with one attached hydrogen (secondary N) is 1. The summed E-state index contributed by atoms with van der Waals surface area (Å²) in [6.45, 7) is 5.23. The van der Waals surface area contributed by atoms with Crippen LogP contribution in [0.2, 0.25) is 0 Å². The molecule has 1 aliphatic rings. The highest BCUT2D eigenvalue weighted by molar-refractivity contribution is 7.92. The molecule has 1 N–H and O–H groups in total. The molecule has 0 unspecified atom stereocenters. The van der Waals surface area contributed by atoms with Crippen LogP contribution in [0, 0.1) is 0 Å². The Hall–Kier alpha value is -1.40. The van der Waals surface area contributed by atoms with Crippen LogP contribution in [0.5, 0.6) is 0 Å². The van der Waals surface area contributed by atoms with Gasteiger partial charge >= 0.3 is 0 Å². The number of likely N-dealkylation sites (tertiary alicyclic amines) is 1. The molecule has 0 aromatic heterocycles. The molecule has 0 bridgehead atoms. The Bertz CT molecular complexity index is 616. The first-order valence-electron chi connectivity index (χ1n) is 7.57. The molecule has 1 amide bonds. The third-order valence-electron chi connectivity index (χ3n) is 4.41. The summed E-state index contributed by atoms with van der Waals surface area (Å²) in [7, 11) is -3.34. The predicted octanol–water partition coefficient (Wildman–Crippen LogP) is 1.37. The zero-order chi connectivity index (χ0) is 16.3. The SMILES string of the molecule is C[C@H](c1ccccc1)N1CC[C@H](NC(=O)[C@@H](C)S(C)(=O)=O)C1. The summed E-state index contributed by atoms with van der Waals surface area (Å²) in [4.78, 5) is 14.3. The number of hydrogen-bond acceptors (Lipinski definition) is 4. The minimum Gasteiger partial charge on any atom is -0.351 e. The fourth-order valence-corrected chi connectivity index (χ4v) is 3.17. The zero-order valence-corrected chi connectivity index (χ0v) is 14.1. The summed E-state index contributed by atoms with van der Waals surface area (Å²) >= 11 is 0. The van der Waals surface area contributed by atoms with Crippen LogP contribution in [0.25, 0.3) is 0 Å². The molecule has 0 saturated carbocycles. The molecule has 2 rings (SSSR count). The second kappa shape index (κ2) is 6.79. The molecule has 1 heterocycles. The van der Waals surface area contributed by atoms with Crippen molar-refractivity contribution in [3.05, 3.63) is 35.9 Å². The number of rotatable bonds is 5. The number of nitrogens with zero attached hydrogens (tertiary/aromatic N) is 1. The molecule has 122 valence electrons.